The predicted molar refractivity (Wildman–Crippen MR) is 95.0 cm³/mol. The van der Waals surface area contributed by atoms with E-state index in [2.05, 4.69) is 13.8 Å². The summed E-state index contributed by atoms with van der Waals surface area (Å²) >= 11 is 1.19. The van der Waals surface area contributed by atoms with E-state index < -0.39 is 0 Å². The highest BCUT2D eigenvalue weighted by molar-refractivity contribution is 7.00. The van der Waals surface area contributed by atoms with Crippen LogP contribution in [0.1, 0.15) is 24.0 Å². The second kappa shape index (κ2) is 6.68. The lowest BCUT2D eigenvalue weighted by molar-refractivity contribution is -0.130. The Kier molecular flexibility index (Phi) is 4.23. The molecule has 0 atom stereocenters. The molecule has 0 saturated carbocycles. The third-order valence-corrected chi connectivity index (χ3v) is 4.77. The molecule has 4 rings (SSSR count). The van der Waals surface area contributed by atoms with Crippen LogP contribution in [0, 0.1) is 5.82 Å². The minimum Gasteiger partial charge on any atom is -0.273 e. The van der Waals surface area contributed by atoms with E-state index in [0.29, 0.717) is 25.8 Å². The number of carbonyl (C=O) groups excluding carboxylic acids is 1. The second-order valence-electron chi connectivity index (χ2n) is 5.91. The van der Waals surface area contributed by atoms with Gasteiger partial charge in [0, 0.05) is 12.8 Å². The van der Waals surface area contributed by atoms with Gasteiger partial charge in [-0.2, -0.15) is 13.8 Å². The van der Waals surface area contributed by atoms with Crippen molar-refractivity contribution in [3.63, 3.8) is 0 Å². The fourth-order valence-corrected chi connectivity index (χ4v) is 3.36. The van der Waals surface area contributed by atoms with Crippen molar-refractivity contribution >= 4 is 34.4 Å². The van der Waals surface area contributed by atoms with Gasteiger partial charge in [0.1, 0.15) is 16.9 Å². The minimum absolute atomic E-state index is 0.00592. The van der Waals surface area contributed by atoms with Gasteiger partial charge in [-0.3, -0.25) is 4.79 Å². The quantitative estimate of drug-likeness (QED) is 0.721. The van der Waals surface area contributed by atoms with Gasteiger partial charge in [0.15, 0.2) is 0 Å². The van der Waals surface area contributed by atoms with E-state index in [9.17, 15) is 9.18 Å². The molecule has 1 aromatic heterocycles. The summed E-state index contributed by atoms with van der Waals surface area (Å²) < 4.78 is 21.4. The molecule has 2 aromatic carbocycles. The Balaban J connectivity index is 1.40. The van der Waals surface area contributed by atoms with E-state index in [-0.39, 0.29) is 11.7 Å². The molecule has 1 amide bonds. The lowest BCUT2D eigenvalue weighted by Gasteiger charge is -2.11. The Labute approximate surface area is 148 Å². The summed E-state index contributed by atoms with van der Waals surface area (Å²) in [6.45, 7) is 0.570. The van der Waals surface area contributed by atoms with E-state index in [1.807, 2.05) is 18.2 Å². The molecule has 25 heavy (non-hydrogen) atoms. The number of aryl methyl sites for hydroxylation is 1. The molecule has 7 heteroatoms. The van der Waals surface area contributed by atoms with E-state index >= 15 is 0 Å². The molecule has 1 aliphatic heterocycles. The molecule has 0 radical (unpaired) electrons. The Bertz CT molecular complexity index is 951. The highest BCUT2D eigenvalue weighted by Crippen LogP contribution is 2.18. The first-order valence-electron chi connectivity index (χ1n) is 8.04. The van der Waals surface area contributed by atoms with Gasteiger partial charge in [-0.15, -0.1) is 0 Å². The summed E-state index contributed by atoms with van der Waals surface area (Å²) in [4.78, 5) is 12.4. The van der Waals surface area contributed by atoms with E-state index in [1.54, 1.807) is 12.1 Å². The number of hydrogen-bond acceptors (Lipinski definition) is 5. The SMILES string of the molecule is O=C(CCc1ccc2nsnc2c1)N1CCC(c2ccc(F)cc2)=N1. The predicted octanol–water partition coefficient (Wildman–Crippen LogP) is 3.40. The standard InChI is InChI=1S/C18H15FN4OS/c19-14-5-3-13(4-6-14)15-9-10-23(20-15)18(24)8-2-12-1-7-16-17(11-12)22-25-21-16/h1,3-7,11H,2,8-10H2. The summed E-state index contributed by atoms with van der Waals surface area (Å²) in [5, 5.41) is 5.91. The fourth-order valence-electron chi connectivity index (χ4n) is 2.85. The molecule has 0 N–H and O–H groups in total. The molecule has 5 nitrogen and oxygen atoms in total. The number of fused-ring (bicyclic) bond motifs is 1. The van der Waals surface area contributed by atoms with Crippen molar-refractivity contribution < 1.29 is 9.18 Å². The largest absolute Gasteiger partial charge is 0.273 e. The Hall–Kier alpha value is -2.67. The van der Waals surface area contributed by atoms with Crippen molar-refractivity contribution in [1.82, 2.24) is 13.8 Å². The van der Waals surface area contributed by atoms with Crippen LogP contribution in [0.15, 0.2) is 47.6 Å². The zero-order valence-corrected chi connectivity index (χ0v) is 14.2. The smallest absolute Gasteiger partial charge is 0.243 e. The van der Waals surface area contributed by atoms with Crippen LogP contribution >= 0.6 is 11.7 Å². The van der Waals surface area contributed by atoms with E-state index in [1.165, 1.54) is 28.9 Å². The molecule has 126 valence electrons. The maximum atomic E-state index is 13.0. The van der Waals surface area contributed by atoms with Gasteiger partial charge >= 0.3 is 0 Å². The number of carbonyl (C=O) groups is 1. The number of hydrogen-bond donors (Lipinski definition) is 0. The molecule has 2 heterocycles. The van der Waals surface area contributed by atoms with Gasteiger partial charge in [0.25, 0.3) is 0 Å². The molecule has 3 aromatic rings. The molecule has 0 saturated heterocycles. The average molecular weight is 354 g/mol. The first kappa shape index (κ1) is 15.8. The van der Waals surface area contributed by atoms with Crippen molar-refractivity contribution in [2.75, 3.05) is 6.54 Å². The summed E-state index contributed by atoms with van der Waals surface area (Å²) in [5.74, 6) is -0.281. The number of hydrazone groups is 1. The summed E-state index contributed by atoms with van der Waals surface area (Å²) in [6.07, 6.45) is 1.72. The molecule has 0 fully saturated rings. The first-order chi connectivity index (χ1) is 12.2. The molecule has 0 bridgehead atoms. The Morgan fingerprint density at radius 3 is 2.76 bits per heavy atom. The number of nitrogens with zero attached hydrogens (tertiary/aromatic N) is 4. The summed E-state index contributed by atoms with van der Waals surface area (Å²) in [6, 6.07) is 12.1. The molecular formula is C18H15FN4OS. The van der Waals surface area contributed by atoms with Gasteiger partial charge in [-0.05, 0) is 41.8 Å². The normalized spacial score (nSPS) is 14.1. The van der Waals surface area contributed by atoms with E-state index in [0.717, 1.165) is 27.9 Å². The molecule has 0 unspecified atom stereocenters. The second-order valence-corrected chi connectivity index (χ2v) is 6.44. The molecule has 0 aliphatic carbocycles. The molecule has 0 spiro atoms. The monoisotopic (exact) mass is 354 g/mol. The van der Waals surface area contributed by atoms with E-state index in [4.69, 9.17) is 0 Å². The maximum Gasteiger partial charge on any atom is 0.243 e. The van der Waals surface area contributed by atoms with Crippen LogP contribution in [0.4, 0.5) is 4.39 Å². The van der Waals surface area contributed by atoms with Crippen molar-refractivity contribution in [1.29, 1.82) is 0 Å². The van der Waals surface area contributed by atoms with Crippen LogP contribution in [-0.4, -0.2) is 31.9 Å². The number of halogens is 1. The van der Waals surface area contributed by atoms with Gasteiger partial charge < -0.3 is 0 Å². The topological polar surface area (TPSA) is 58.5 Å². The highest BCUT2D eigenvalue weighted by atomic mass is 32.1. The van der Waals surface area contributed by atoms with Crippen molar-refractivity contribution in [2.24, 2.45) is 5.10 Å². The van der Waals surface area contributed by atoms with Crippen LogP contribution in [0.25, 0.3) is 11.0 Å². The lowest BCUT2D eigenvalue weighted by atomic mass is 10.1. The van der Waals surface area contributed by atoms with Gasteiger partial charge in [-0.1, -0.05) is 18.2 Å². The van der Waals surface area contributed by atoms with Crippen LogP contribution in [0.2, 0.25) is 0 Å². The third-order valence-electron chi connectivity index (χ3n) is 4.21. The summed E-state index contributed by atoms with van der Waals surface area (Å²) in [7, 11) is 0. The lowest BCUT2D eigenvalue weighted by Crippen LogP contribution is -2.23. The number of amides is 1. The highest BCUT2D eigenvalue weighted by Gasteiger charge is 2.21. The van der Waals surface area contributed by atoms with Gasteiger partial charge in [-0.25, -0.2) is 9.40 Å². The molecular weight excluding hydrogens is 339 g/mol. The van der Waals surface area contributed by atoms with Crippen molar-refractivity contribution in [3.05, 3.63) is 59.4 Å². The number of aromatic nitrogens is 2. The Morgan fingerprint density at radius 2 is 1.92 bits per heavy atom. The van der Waals surface area contributed by atoms with Crippen LogP contribution < -0.4 is 0 Å². The van der Waals surface area contributed by atoms with Crippen LogP contribution in [0.5, 0.6) is 0 Å². The zero-order valence-electron chi connectivity index (χ0n) is 13.4. The molecule has 1 aliphatic rings. The number of benzene rings is 2. The van der Waals surface area contributed by atoms with Crippen molar-refractivity contribution in [3.8, 4) is 0 Å². The average Bonchev–Trinajstić information content (AvgIpc) is 3.29. The number of rotatable bonds is 4. The fraction of sp³-hybridized carbons (Fsp3) is 0.222. The van der Waals surface area contributed by atoms with Crippen LogP contribution in [0.3, 0.4) is 0 Å². The first-order valence-corrected chi connectivity index (χ1v) is 8.77. The zero-order chi connectivity index (χ0) is 17.2. The Morgan fingerprint density at radius 1 is 1.12 bits per heavy atom. The third kappa shape index (κ3) is 3.41. The summed E-state index contributed by atoms with van der Waals surface area (Å²) in [5.41, 5.74) is 4.50. The van der Waals surface area contributed by atoms with Crippen LogP contribution in [-0.2, 0) is 11.2 Å². The van der Waals surface area contributed by atoms with Gasteiger partial charge in [0.2, 0.25) is 5.91 Å². The maximum absolute atomic E-state index is 13.0. The minimum atomic E-state index is -0.275. The van der Waals surface area contributed by atoms with Gasteiger partial charge in [0.05, 0.1) is 24.0 Å². The van der Waals surface area contributed by atoms with Crippen molar-refractivity contribution in [2.45, 2.75) is 19.3 Å².